The molecule has 6 nitrogen and oxygen atoms in total. The third-order valence-corrected chi connectivity index (χ3v) is 4.86. The van der Waals surface area contributed by atoms with Gasteiger partial charge >= 0.3 is 0 Å². The SMILES string of the molecule is CS(=O)(=O)Cc1ccc(C(=O)Nc2ccc(NC(=O)C3CC3)cc2)cc1. The second-order valence-corrected chi connectivity index (χ2v) is 8.70. The average molecular weight is 372 g/mol. The van der Waals surface area contributed by atoms with Crippen molar-refractivity contribution in [1.29, 1.82) is 0 Å². The van der Waals surface area contributed by atoms with Crippen LogP contribution in [0.5, 0.6) is 0 Å². The number of sulfone groups is 1. The van der Waals surface area contributed by atoms with Crippen molar-refractivity contribution in [3.63, 3.8) is 0 Å². The fourth-order valence-electron chi connectivity index (χ4n) is 2.49. The van der Waals surface area contributed by atoms with Gasteiger partial charge in [-0.15, -0.1) is 0 Å². The lowest BCUT2D eigenvalue weighted by Gasteiger charge is -2.08. The quantitative estimate of drug-likeness (QED) is 0.815. The maximum atomic E-state index is 12.3. The summed E-state index contributed by atoms with van der Waals surface area (Å²) >= 11 is 0. The largest absolute Gasteiger partial charge is 0.326 e. The van der Waals surface area contributed by atoms with Gasteiger partial charge in [0.25, 0.3) is 5.91 Å². The van der Waals surface area contributed by atoms with Crippen molar-refractivity contribution in [2.24, 2.45) is 5.92 Å². The summed E-state index contributed by atoms with van der Waals surface area (Å²) in [6, 6.07) is 13.4. The Labute approximate surface area is 152 Å². The van der Waals surface area contributed by atoms with Crippen LogP contribution in [0.3, 0.4) is 0 Å². The predicted molar refractivity (Wildman–Crippen MR) is 101 cm³/mol. The Morgan fingerprint density at radius 3 is 1.96 bits per heavy atom. The molecule has 2 N–H and O–H groups in total. The van der Waals surface area contributed by atoms with Gasteiger partial charge in [-0.3, -0.25) is 9.59 Å². The van der Waals surface area contributed by atoms with Crippen LogP contribution in [0.25, 0.3) is 0 Å². The third kappa shape index (κ3) is 5.16. The second kappa shape index (κ2) is 7.29. The summed E-state index contributed by atoms with van der Waals surface area (Å²) < 4.78 is 22.6. The number of benzene rings is 2. The van der Waals surface area contributed by atoms with Crippen LogP contribution in [-0.4, -0.2) is 26.5 Å². The van der Waals surface area contributed by atoms with E-state index in [0.717, 1.165) is 12.8 Å². The van der Waals surface area contributed by atoms with Crippen LogP contribution in [-0.2, 0) is 20.4 Å². The number of anilines is 2. The van der Waals surface area contributed by atoms with Gasteiger partial charge < -0.3 is 10.6 Å². The first-order chi connectivity index (χ1) is 12.3. The molecule has 1 saturated carbocycles. The molecule has 1 fully saturated rings. The molecule has 3 rings (SSSR count). The van der Waals surface area contributed by atoms with Crippen LogP contribution in [0.1, 0.15) is 28.8 Å². The Bertz CT molecular complexity index is 915. The van der Waals surface area contributed by atoms with Gasteiger partial charge in [-0.2, -0.15) is 0 Å². The smallest absolute Gasteiger partial charge is 0.255 e. The van der Waals surface area contributed by atoms with E-state index in [-0.39, 0.29) is 23.5 Å². The van der Waals surface area contributed by atoms with Crippen molar-refractivity contribution < 1.29 is 18.0 Å². The molecule has 136 valence electrons. The minimum absolute atomic E-state index is 0.0379. The Hall–Kier alpha value is -2.67. The number of carbonyl (C=O) groups is 2. The molecule has 0 unspecified atom stereocenters. The van der Waals surface area contributed by atoms with Gasteiger partial charge in [0.2, 0.25) is 5.91 Å². The molecular weight excluding hydrogens is 352 g/mol. The van der Waals surface area contributed by atoms with Crippen molar-refractivity contribution >= 4 is 33.0 Å². The molecular formula is C19H20N2O4S. The van der Waals surface area contributed by atoms with E-state index in [4.69, 9.17) is 0 Å². The molecule has 2 aromatic rings. The molecule has 1 aliphatic rings. The summed E-state index contributed by atoms with van der Waals surface area (Å²) in [6.07, 6.45) is 3.07. The van der Waals surface area contributed by atoms with Crippen molar-refractivity contribution in [1.82, 2.24) is 0 Å². The maximum absolute atomic E-state index is 12.3. The summed E-state index contributed by atoms with van der Waals surface area (Å²) in [5.74, 6) is -0.162. The molecule has 2 amide bonds. The maximum Gasteiger partial charge on any atom is 0.255 e. The summed E-state index contributed by atoms with van der Waals surface area (Å²) in [7, 11) is -3.10. The van der Waals surface area contributed by atoms with Crippen LogP contribution in [0.2, 0.25) is 0 Å². The molecule has 0 radical (unpaired) electrons. The van der Waals surface area contributed by atoms with Crippen LogP contribution in [0, 0.1) is 5.92 Å². The molecule has 0 saturated heterocycles. The topological polar surface area (TPSA) is 92.3 Å². The monoisotopic (exact) mass is 372 g/mol. The molecule has 1 aliphatic carbocycles. The summed E-state index contributed by atoms with van der Waals surface area (Å²) in [6.45, 7) is 0. The molecule has 0 spiro atoms. The third-order valence-electron chi connectivity index (χ3n) is 4.00. The molecule has 0 aromatic heterocycles. The highest BCUT2D eigenvalue weighted by Gasteiger charge is 2.29. The van der Waals surface area contributed by atoms with Gasteiger partial charge in [-0.1, -0.05) is 12.1 Å². The first-order valence-electron chi connectivity index (χ1n) is 8.29. The lowest BCUT2D eigenvalue weighted by atomic mass is 10.1. The standard InChI is InChI=1S/C19H20N2O4S/c1-26(24,25)12-13-2-4-14(5-3-13)18(22)20-16-8-10-17(11-9-16)21-19(23)15-6-7-15/h2-5,8-11,15H,6-7,12H2,1H3,(H,20,22)(H,21,23). The second-order valence-electron chi connectivity index (χ2n) is 6.56. The highest BCUT2D eigenvalue weighted by atomic mass is 32.2. The molecule has 2 aromatic carbocycles. The zero-order valence-corrected chi connectivity index (χ0v) is 15.2. The summed E-state index contributed by atoms with van der Waals surface area (Å²) in [5.41, 5.74) is 2.39. The van der Waals surface area contributed by atoms with E-state index < -0.39 is 9.84 Å². The zero-order chi connectivity index (χ0) is 18.7. The van der Waals surface area contributed by atoms with Crippen LogP contribution < -0.4 is 10.6 Å². The number of carbonyl (C=O) groups excluding carboxylic acids is 2. The Kier molecular flexibility index (Phi) is 5.08. The minimum atomic E-state index is -3.10. The number of hydrogen-bond acceptors (Lipinski definition) is 4. The fourth-order valence-corrected chi connectivity index (χ4v) is 3.28. The molecule has 0 aliphatic heterocycles. The number of nitrogens with one attached hydrogen (secondary N) is 2. The lowest BCUT2D eigenvalue weighted by molar-refractivity contribution is -0.117. The highest BCUT2D eigenvalue weighted by Crippen LogP contribution is 2.30. The van der Waals surface area contributed by atoms with Crippen molar-refractivity contribution in [3.8, 4) is 0 Å². The van der Waals surface area contributed by atoms with E-state index in [1.165, 1.54) is 6.26 Å². The molecule has 7 heteroatoms. The lowest BCUT2D eigenvalue weighted by Crippen LogP contribution is -2.14. The van der Waals surface area contributed by atoms with Gasteiger partial charge in [-0.05, 0) is 54.8 Å². The number of rotatable bonds is 6. The van der Waals surface area contributed by atoms with Gasteiger partial charge in [0.05, 0.1) is 5.75 Å². The normalized spacial score (nSPS) is 13.9. The Morgan fingerprint density at radius 2 is 1.46 bits per heavy atom. The van der Waals surface area contributed by atoms with Crippen molar-refractivity contribution in [2.75, 3.05) is 16.9 Å². The van der Waals surface area contributed by atoms with E-state index in [2.05, 4.69) is 10.6 Å². The zero-order valence-electron chi connectivity index (χ0n) is 14.4. The van der Waals surface area contributed by atoms with E-state index >= 15 is 0 Å². The first-order valence-corrected chi connectivity index (χ1v) is 10.4. The van der Waals surface area contributed by atoms with Crippen molar-refractivity contribution in [2.45, 2.75) is 18.6 Å². The predicted octanol–water partition coefficient (Wildman–Crippen LogP) is 2.83. The van der Waals surface area contributed by atoms with Crippen molar-refractivity contribution in [3.05, 3.63) is 59.7 Å². The fraction of sp³-hybridized carbons (Fsp3) is 0.263. The number of amides is 2. The molecule has 0 bridgehead atoms. The van der Waals surface area contributed by atoms with Gasteiger partial charge in [0.15, 0.2) is 9.84 Å². The average Bonchev–Trinajstić information content (AvgIpc) is 3.41. The Balaban J connectivity index is 1.59. The highest BCUT2D eigenvalue weighted by molar-refractivity contribution is 7.89. The molecule has 26 heavy (non-hydrogen) atoms. The first kappa shape index (κ1) is 18.1. The van der Waals surface area contributed by atoms with Gasteiger partial charge in [-0.25, -0.2) is 8.42 Å². The van der Waals surface area contributed by atoms with Crippen LogP contribution >= 0.6 is 0 Å². The minimum Gasteiger partial charge on any atom is -0.326 e. The van der Waals surface area contributed by atoms with E-state index in [1.807, 2.05) is 0 Å². The van der Waals surface area contributed by atoms with Gasteiger partial charge in [0.1, 0.15) is 0 Å². The molecule has 0 heterocycles. The molecule has 0 atom stereocenters. The summed E-state index contributed by atoms with van der Waals surface area (Å²) in [5, 5.41) is 5.61. The van der Waals surface area contributed by atoms with E-state index in [0.29, 0.717) is 22.5 Å². The van der Waals surface area contributed by atoms with Gasteiger partial charge in [0, 0.05) is 29.1 Å². The van der Waals surface area contributed by atoms with E-state index in [9.17, 15) is 18.0 Å². The Morgan fingerprint density at radius 1 is 0.923 bits per heavy atom. The van der Waals surface area contributed by atoms with Crippen LogP contribution in [0.15, 0.2) is 48.5 Å². The summed E-state index contributed by atoms with van der Waals surface area (Å²) in [4.78, 5) is 24.0. The van der Waals surface area contributed by atoms with E-state index in [1.54, 1.807) is 48.5 Å². The number of hydrogen-bond donors (Lipinski definition) is 2. The van der Waals surface area contributed by atoms with Crippen LogP contribution in [0.4, 0.5) is 11.4 Å².